The molecule has 0 aromatic heterocycles. The van der Waals surface area contributed by atoms with Crippen molar-refractivity contribution in [1.82, 2.24) is 0 Å². The maximum Gasteiger partial charge on any atom is 0.142 e. The predicted molar refractivity (Wildman–Crippen MR) is 34.3 cm³/mol. The summed E-state index contributed by atoms with van der Waals surface area (Å²) in [6.45, 7) is -0.523. The lowest BCUT2D eigenvalue weighted by molar-refractivity contribution is -0.104. The van der Waals surface area contributed by atoms with E-state index in [1.54, 1.807) is 0 Å². The second-order valence-corrected chi connectivity index (χ2v) is 1.76. The van der Waals surface area contributed by atoms with Crippen LogP contribution in [0.25, 0.3) is 0 Å². The molecule has 0 heterocycles. The Balaban J connectivity index is 3.70. The van der Waals surface area contributed by atoms with Crippen LogP contribution in [0.2, 0.25) is 0 Å². The van der Waals surface area contributed by atoms with Gasteiger partial charge in [-0.15, -0.1) is 0 Å². The Morgan fingerprint density at radius 3 is 2.40 bits per heavy atom. The van der Waals surface area contributed by atoms with Crippen LogP contribution in [0.1, 0.15) is 0 Å². The molecule has 4 heteroatoms. The zero-order valence-corrected chi connectivity index (χ0v) is 5.34. The monoisotopic (exact) mass is 146 g/mol. The summed E-state index contributed by atoms with van der Waals surface area (Å²) in [6, 6.07) is 0. The van der Waals surface area contributed by atoms with E-state index in [0.717, 1.165) is 12.2 Å². The summed E-state index contributed by atoms with van der Waals surface area (Å²) < 4.78 is 0. The average molecular weight is 146 g/mol. The molecule has 4 nitrogen and oxygen atoms in total. The minimum atomic E-state index is -1.21. The first kappa shape index (κ1) is 9.29. The van der Waals surface area contributed by atoms with Crippen molar-refractivity contribution in [3.05, 3.63) is 12.2 Å². The molecule has 10 heavy (non-hydrogen) atoms. The van der Waals surface area contributed by atoms with Gasteiger partial charge in [0.1, 0.15) is 18.5 Å². The number of aliphatic hydroxyl groups is 3. The maximum atomic E-state index is 9.68. The Labute approximate surface area is 58.4 Å². The second-order valence-electron chi connectivity index (χ2n) is 1.76. The first-order valence-electron chi connectivity index (χ1n) is 2.81. The molecule has 0 aliphatic heterocycles. The Kier molecular flexibility index (Phi) is 4.74. The minimum absolute atomic E-state index is 0.479. The number of hydrogen-bond acceptors (Lipinski definition) is 4. The molecule has 0 amide bonds. The summed E-state index contributed by atoms with van der Waals surface area (Å²) in [4.78, 5) is 9.68. The molecule has 0 fully saturated rings. The van der Waals surface area contributed by atoms with Gasteiger partial charge < -0.3 is 15.3 Å². The summed E-state index contributed by atoms with van der Waals surface area (Å²) in [5.41, 5.74) is 0. The summed E-state index contributed by atoms with van der Waals surface area (Å²) in [7, 11) is 0. The Morgan fingerprint density at radius 2 is 2.00 bits per heavy atom. The molecule has 2 atom stereocenters. The van der Waals surface area contributed by atoms with Gasteiger partial charge in [0, 0.05) is 0 Å². The number of carbonyl (C=O) groups is 1. The molecule has 58 valence electrons. The van der Waals surface area contributed by atoms with Crippen LogP contribution in [0.5, 0.6) is 0 Å². The molecule has 0 saturated heterocycles. The van der Waals surface area contributed by atoms with E-state index < -0.39 is 18.8 Å². The fourth-order valence-corrected chi connectivity index (χ4v) is 0.395. The van der Waals surface area contributed by atoms with E-state index >= 15 is 0 Å². The van der Waals surface area contributed by atoms with Gasteiger partial charge in [0.25, 0.3) is 0 Å². The summed E-state index contributed by atoms with van der Waals surface area (Å²) in [5, 5.41) is 25.8. The molecule has 0 radical (unpaired) electrons. The van der Waals surface area contributed by atoms with Crippen LogP contribution in [-0.2, 0) is 4.79 Å². The van der Waals surface area contributed by atoms with Crippen molar-refractivity contribution in [2.75, 3.05) is 6.61 Å². The SMILES string of the molecule is O=CC=CC(O)C(O)CO. The lowest BCUT2D eigenvalue weighted by Gasteiger charge is -2.09. The van der Waals surface area contributed by atoms with Crippen molar-refractivity contribution in [2.45, 2.75) is 12.2 Å². The van der Waals surface area contributed by atoms with Crippen molar-refractivity contribution < 1.29 is 20.1 Å². The normalized spacial score (nSPS) is 17.1. The molecular formula is C6H10O4. The van der Waals surface area contributed by atoms with Crippen LogP contribution < -0.4 is 0 Å². The van der Waals surface area contributed by atoms with Gasteiger partial charge in [0.2, 0.25) is 0 Å². The highest BCUT2D eigenvalue weighted by atomic mass is 16.4. The molecule has 0 spiro atoms. The smallest absolute Gasteiger partial charge is 0.142 e. The molecule has 0 aliphatic carbocycles. The molecule has 0 rings (SSSR count). The Morgan fingerprint density at radius 1 is 1.40 bits per heavy atom. The van der Waals surface area contributed by atoms with E-state index in [2.05, 4.69) is 0 Å². The van der Waals surface area contributed by atoms with Crippen molar-refractivity contribution >= 4 is 6.29 Å². The quantitative estimate of drug-likeness (QED) is 0.331. The third-order valence-electron chi connectivity index (χ3n) is 0.968. The topological polar surface area (TPSA) is 77.8 Å². The van der Waals surface area contributed by atoms with E-state index in [9.17, 15) is 4.79 Å². The average Bonchev–Trinajstić information content (AvgIpc) is 1.98. The number of rotatable bonds is 4. The van der Waals surface area contributed by atoms with Crippen molar-refractivity contribution in [3.63, 3.8) is 0 Å². The predicted octanol–water partition coefficient (Wildman–Crippen LogP) is -1.54. The molecule has 0 aliphatic rings. The maximum absolute atomic E-state index is 9.68. The van der Waals surface area contributed by atoms with Crippen LogP contribution in [-0.4, -0.2) is 40.4 Å². The van der Waals surface area contributed by atoms with Crippen LogP contribution in [0.3, 0.4) is 0 Å². The van der Waals surface area contributed by atoms with Crippen LogP contribution in [0.4, 0.5) is 0 Å². The lowest BCUT2D eigenvalue weighted by Crippen LogP contribution is -2.27. The molecule has 0 aromatic rings. The zero-order valence-electron chi connectivity index (χ0n) is 5.34. The fraction of sp³-hybridized carbons (Fsp3) is 0.500. The molecule has 2 unspecified atom stereocenters. The standard InChI is InChI=1S/C6H10O4/c7-3-1-2-5(9)6(10)4-8/h1-3,5-6,8-10H,4H2. The molecule has 0 saturated carbocycles. The highest BCUT2D eigenvalue weighted by Gasteiger charge is 2.10. The van der Waals surface area contributed by atoms with Gasteiger partial charge in [-0.2, -0.15) is 0 Å². The van der Waals surface area contributed by atoms with Gasteiger partial charge in [0.05, 0.1) is 6.61 Å². The van der Waals surface area contributed by atoms with Gasteiger partial charge in [-0.25, -0.2) is 0 Å². The highest BCUT2D eigenvalue weighted by molar-refractivity contribution is 5.64. The first-order chi connectivity index (χ1) is 4.72. The fourth-order valence-electron chi connectivity index (χ4n) is 0.395. The molecular weight excluding hydrogens is 136 g/mol. The summed E-state index contributed by atoms with van der Waals surface area (Å²) in [6.07, 6.45) is 0.261. The second kappa shape index (κ2) is 5.10. The van der Waals surface area contributed by atoms with Crippen LogP contribution >= 0.6 is 0 Å². The largest absolute Gasteiger partial charge is 0.394 e. The molecule has 3 N–H and O–H groups in total. The van der Waals surface area contributed by atoms with E-state index in [4.69, 9.17) is 15.3 Å². The van der Waals surface area contributed by atoms with E-state index in [0.29, 0.717) is 6.29 Å². The summed E-state index contributed by atoms with van der Waals surface area (Å²) in [5.74, 6) is 0. The zero-order chi connectivity index (χ0) is 7.98. The van der Waals surface area contributed by atoms with Gasteiger partial charge in [-0.3, -0.25) is 4.79 Å². The first-order valence-corrected chi connectivity index (χ1v) is 2.81. The number of carbonyl (C=O) groups excluding carboxylic acids is 1. The van der Waals surface area contributed by atoms with Gasteiger partial charge >= 0.3 is 0 Å². The number of aldehydes is 1. The Hall–Kier alpha value is -0.710. The molecule has 0 aromatic carbocycles. The molecule has 0 bridgehead atoms. The minimum Gasteiger partial charge on any atom is -0.394 e. The summed E-state index contributed by atoms with van der Waals surface area (Å²) >= 11 is 0. The Bertz CT molecular complexity index is 121. The van der Waals surface area contributed by atoms with Crippen molar-refractivity contribution in [3.8, 4) is 0 Å². The lowest BCUT2D eigenvalue weighted by atomic mass is 10.2. The van der Waals surface area contributed by atoms with E-state index in [1.165, 1.54) is 0 Å². The number of aliphatic hydroxyl groups excluding tert-OH is 3. The number of hydrogen-bond donors (Lipinski definition) is 3. The van der Waals surface area contributed by atoms with Crippen molar-refractivity contribution in [1.29, 1.82) is 0 Å². The van der Waals surface area contributed by atoms with Gasteiger partial charge in [-0.05, 0) is 6.08 Å². The van der Waals surface area contributed by atoms with Crippen LogP contribution in [0, 0.1) is 0 Å². The van der Waals surface area contributed by atoms with Crippen molar-refractivity contribution in [2.24, 2.45) is 0 Å². The third-order valence-corrected chi connectivity index (χ3v) is 0.968. The van der Waals surface area contributed by atoms with Gasteiger partial charge in [-0.1, -0.05) is 6.08 Å². The third kappa shape index (κ3) is 3.34. The number of allylic oxidation sites excluding steroid dienone is 1. The van der Waals surface area contributed by atoms with Gasteiger partial charge in [0.15, 0.2) is 0 Å². The van der Waals surface area contributed by atoms with E-state index in [-0.39, 0.29) is 0 Å². The van der Waals surface area contributed by atoms with Crippen LogP contribution in [0.15, 0.2) is 12.2 Å². The highest BCUT2D eigenvalue weighted by Crippen LogP contribution is 1.92. The van der Waals surface area contributed by atoms with E-state index in [1.807, 2.05) is 0 Å².